The van der Waals surface area contributed by atoms with E-state index < -0.39 is 0 Å². The molecule has 5 nitrogen and oxygen atoms in total. The van der Waals surface area contributed by atoms with Crippen molar-refractivity contribution in [3.63, 3.8) is 0 Å². The number of aromatic nitrogens is 1. The van der Waals surface area contributed by atoms with Crippen LogP contribution in [0.3, 0.4) is 0 Å². The predicted octanol–water partition coefficient (Wildman–Crippen LogP) is 3.72. The highest BCUT2D eigenvalue weighted by Gasteiger charge is 2.19. The van der Waals surface area contributed by atoms with Gasteiger partial charge in [-0.2, -0.15) is 0 Å². The van der Waals surface area contributed by atoms with Crippen LogP contribution in [0.25, 0.3) is 10.9 Å². The lowest BCUT2D eigenvalue weighted by Crippen LogP contribution is -2.47. The van der Waals surface area contributed by atoms with Crippen molar-refractivity contribution in [2.24, 2.45) is 0 Å². The summed E-state index contributed by atoms with van der Waals surface area (Å²) in [5, 5.41) is 5.40. The maximum Gasteiger partial charge on any atom is 0.253 e. The topological polar surface area (TPSA) is 51.4 Å². The molecule has 1 aliphatic carbocycles. The molecule has 0 unspecified atom stereocenters. The molecule has 29 heavy (non-hydrogen) atoms. The number of nitrogens with zero attached hydrogens (tertiary/aromatic N) is 2. The molecular weight excluding hydrogens is 380 g/mol. The molecule has 158 valence electrons. The number of nitrogens with one attached hydrogen (secondary N) is 2. The maximum atomic E-state index is 12.8. The lowest BCUT2D eigenvalue weighted by molar-refractivity contribution is 0.314. The number of rotatable bonds is 6. The first-order valence-corrected chi connectivity index (χ1v) is 11.1. The molecule has 1 aromatic carbocycles. The fourth-order valence-electron chi connectivity index (χ4n) is 3.93. The molecule has 1 heterocycles. The van der Waals surface area contributed by atoms with E-state index in [-0.39, 0.29) is 5.56 Å². The number of likely N-dealkylation sites (N-methyl/N-ethyl adjacent to an activating group) is 1. The van der Waals surface area contributed by atoms with Gasteiger partial charge >= 0.3 is 0 Å². The van der Waals surface area contributed by atoms with Gasteiger partial charge in [0.15, 0.2) is 5.11 Å². The van der Waals surface area contributed by atoms with E-state index in [0.29, 0.717) is 12.6 Å². The Kier molecular flexibility index (Phi) is 7.30. The lowest BCUT2D eigenvalue weighted by Gasteiger charge is -2.31. The second kappa shape index (κ2) is 9.72. The second-order valence-electron chi connectivity index (χ2n) is 8.66. The number of hydrogen-bond donors (Lipinski definition) is 2. The highest BCUT2D eigenvalue weighted by atomic mass is 32.1. The molecule has 0 aliphatic heterocycles. The average Bonchev–Trinajstić information content (AvgIpc) is 2.67. The van der Waals surface area contributed by atoms with Gasteiger partial charge in [0.05, 0.1) is 6.54 Å². The standard InChI is InChI=1S/C23H34N4OS/c1-16-12-18-14-19(22(28)25-21(18)13-17(16)2)15-27(11-10-26(3)4)23(29)24-20-8-6-5-7-9-20/h12-14,20H,5-11,15H2,1-4H3,(H,24,29)(H,25,28). The molecule has 0 bridgehead atoms. The predicted molar refractivity (Wildman–Crippen MR) is 126 cm³/mol. The van der Waals surface area contributed by atoms with Crippen LogP contribution in [0, 0.1) is 13.8 Å². The summed E-state index contributed by atoms with van der Waals surface area (Å²) in [4.78, 5) is 20.1. The minimum Gasteiger partial charge on any atom is -0.360 e. The van der Waals surface area contributed by atoms with Crippen molar-refractivity contribution in [3.05, 3.63) is 45.2 Å². The Hall–Kier alpha value is -1.92. The zero-order valence-corrected chi connectivity index (χ0v) is 19.0. The number of aromatic amines is 1. The summed E-state index contributed by atoms with van der Waals surface area (Å²) in [6.07, 6.45) is 6.20. The van der Waals surface area contributed by atoms with Crippen LogP contribution >= 0.6 is 12.2 Å². The number of H-pyrrole nitrogens is 1. The largest absolute Gasteiger partial charge is 0.360 e. The fraction of sp³-hybridized carbons (Fsp3) is 0.565. The highest BCUT2D eigenvalue weighted by molar-refractivity contribution is 7.80. The molecule has 0 saturated heterocycles. The number of fused-ring (bicyclic) bond motifs is 1. The summed E-state index contributed by atoms with van der Waals surface area (Å²) in [6.45, 7) is 6.36. The first kappa shape index (κ1) is 21.8. The van der Waals surface area contributed by atoms with E-state index in [4.69, 9.17) is 12.2 Å². The Morgan fingerprint density at radius 2 is 1.79 bits per heavy atom. The molecule has 0 atom stereocenters. The normalized spacial score (nSPS) is 15.1. The van der Waals surface area contributed by atoms with Crippen molar-refractivity contribution in [3.8, 4) is 0 Å². The first-order valence-electron chi connectivity index (χ1n) is 10.7. The maximum absolute atomic E-state index is 12.8. The smallest absolute Gasteiger partial charge is 0.253 e. The van der Waals surface area contributed by atoms with Gasteiger partial charge in [0.2, 0.25) is 0 Å². The van der Waals surface area contributed by atoms with Gasteiger partial charge in [-0.05, 0) is 87.7 Å². The second-order valence-corrected chi connectivity index (χ2v) is 9.04. The first-order chi connectivity index (χ1) is 13.8. The Bertz CT molecular complexity index is 915. The minimum atomic E-state index is -0.0314. The molecule has 1 fully saturated rings. The van der Waals surface area contributed by atoms with E-state index in [1.807, 2.05) is 6.07 Å². The Morgan fingerprint density at radius 1 is 1.10 bits per heavy atom. The van der Waals surface area contributed by atoms with E-state index in [9.17, 15) is 4.79 Å². The minimum absolute atomic E-state index is 0.0314. The molecule has 1 saturated carbocycles. The van der Waals surface area contributed by atoms with Crippen molar-refractivity contribution >= 4 is 28.2 Å². The Balaban J connectivity index is 1.82. The highest BCUT2D eigenvalue weighted by Crippen LogP contribution is 2.19. The van der Waals surface area contributed by atoms with Crippen molar-refractivity contribution < 1.29 is 0 Å². The van der Waals surface area contributed by atoms with Gasteiger partial charge in [-0.15, -0.1) is 0 Å². The van der Waals surface area contributed by atoms with Gasteiger partial charge in [-0.1, -0.05) is 19.3 Å². The van der Waals surface area contributed by atoms with E-state index in [1.54, 1.807) is 0 Å². The molecule has 2 aromatic rings. The lowest BCUT2D eigenvalue weighted by atomic mass is 9.96. The summed E-state index contributed by atoms with van der Waals surface area (Å²) in [5.41, 5.74) is 4.04. The Morgan fingerprint density at radius 3 is 2.48 bits per heavy atom. The van der Waals surface area contributed by atoms with Crippen LogP contribution in [0.1, 0.15) is 48.8 Å². The van der Waals surface area contributed by atoms with Crippen molar-refractivity contribution in [2.75, 3.05) is 27.2 Å². The molecular formula is C23H34N4OS. The zero-order valence-electron chi connectivity index (χ0n) is 18.2. The summed E-state index contributed by atoms with van der Waals surface area (Å²) < 4.78 is 0. The molecule has 1 aromatic heterocycles. The van der Waals surface area contributed by atoms with Gasteiger partial charge in [-0.3, -0.25) is 4.79 Å². The summed E-state index contributed by atoms with van der Waals surface area (Å²) in [6, 6.07) is 6.67. The van der Waals surface area contributed by atoms with Crippen molar-refractivity contribution in [1.29, 1.82) is 0 Å². The summed E-state index contributed by atoms with van der Waals surface area (Å²) >= 11 is 5.77. The zero-order chi connectivity index (χ0) is 21.0. The third-order valence-electron chi connectivity index (χ3n) is 5.93. The van der Waals surface area contributed by atoms with Gasteiger partial charge < -0.3 is 20.1 Å². The number of thiocarbonyl (C=S) groups is 1. The number of pyridine rings is 1. The molecule has 0 spiro atoms. The van der Waals surface area contributed by atoms with E-state index >= 15 is 0 Å². The SMILES string of the molecule is Cc1cc2cc(CN(CCN(C)C)C(=S)NC3CCCCC3)c(=O)[nH]c2cc1C. The molecule has 1 aliphatic rings. The van der Waals surface area contributed by atoms with E-state index in [1.165, 1.54) is 43.2 Å². The molecule has 0 radical (unpaired) electrons. The molecule has 6 heteroatoms. The van der Waals surface area contributed by atoms with Crippen molar-refractivity contribution in [2.45, 2.75) is 58.5 Å². The quantitative estimate of drug-likeness (QED) is 0.706. The van der Waals surface area contributed by atoms with Gasteiger partial charge in [-0.25, -0.2) is 0 Å². The van der Waals surface area contributed by atoms with Gasteiger partial charge in [0.25, 0.3) is 5.56 Å². The molecule has 3 rings (SSSR count). The van der Waals surface area contributed by atoms with Crippen LogP contribution in [0.2, 0.25) is 0 Å². The van der Waals surface area contributed by atoms with Crippen LogP contribution in [-0.4, -0.2) is 53.1 Å². The summed E-state index contributed by atoms with van der Waals surface area (Å²) in [5.74, 6) is 0. The van der Waals surface area contributed by atoms with Gasteiger partial charge in [0.1, 0.15) is 0 Å². The van der Waals surface area contributed by atoms with Crippen molar-refractivity contribution in [1.82, 2.24) is 20.1 Å². The van der Waals surface area contributed by atoms with Crippen LogP contribution in [0.4, 0.5) is 0 Å². The van der Waals surface area contributed by atoms with Crippen LogP contribution < -0.4 is 10.9 Å². The number of hydrogen-bond acceptors (Lipinski definition) is 3. The number of benzene rings is 1. The monoisotopic (exact) mass is 414 g/mol. The van der Waals surface area contributed by atoms with E-state index in [0.717, 1.165) is 34.7 Å². The third-order valence-corrected chi connectivity index (χ3v) is 6.31. The van der Waals surface area contributed by atoms with Crippen LogP contribution in [0.15, 0.2) is 23.0 Å². The van der Waals surface area contributed by atoms with Crippen LogP contribution in [0.5, 0.6) is 0 Å². The molecule has 2 N–H and O–H groups in total. The van der Waals surface area contributed by atoms with Gasteiger partial charge in [0, 0.05) is 30.2 Å². The average molecular weight is 415 g/mol. The Labute approximate surface area is 179 Å². The molecule has 0 amide bonds. The van der Waals surface area contributed by atoms with Crippen LogP contribution in [-0.2, 0) is 6.54 Å². The summed E-state index contributed by atoms with van der Waals surface area (Å²) in [7, 11) is 4.12. The van der Waals surface area contributed by atoms with E-state index in [2.05, 4.69) is 60.2 Å². The fourth-order valence-corrected chi connectivity index (χ4v) is 4.25. The third kappa shape index (κ3) is 5.80. The number of aryl methyl sites for hydroxylation is 2.